The second-order valence-electron chi connectivity index (χ2n) is 20.7. The number of pyridine rings is 1. The number of carbonyl (C=O) groups excluding carboxylic acids is 5. The molecule has 76 heavy (non-hydrogen) atoms. The summed E-state index contributed by atoms with van der Waals surface area (Å²) in [5, 5.41) is 5.64. The number of ether oxygens (including phenoxy) is 2. The van der Waals surface area contributed by atoms with Crippen LogP contribution in [0.25, 0.3) is 33.3 Å². The number of aromatic nitrogens is 2. The Hall–Kier alpha value is -4.35. The van der Waals surface area contributed by atoms with E-state index < -0.39 is 35.4 Å². The Bertz CT molecular complexity index is 2640. The van der Waals surface area contributed by atoms with Gasteiger partial charge in [-0.3, -0.25) is 34.1 Å². The minimum Gasteiger partial charge on any atom is -0.464 e. The Balaban J connectivity index is 0.00000395. The number of esters is 1. The summed E-state index contributed by atoms with van der Waals surface area (Å²) in [4.78, 5) is 81.8. The van der Waals surface area contributed by atoms with Crippen molar-refractivity contribution >= 4 is 108 Å². The van der Waals surface area contributed by atoms with Gasteiger partial charge < -0.3 is 34.1 Å². The SMILES string of the molecule is C=CC(=O)N(C)CCN1CCN(C(=O)N(C)[C@H](C(=O)N[C@H]2Cc3cccc(c3)-c3ccc4c(c3)c(c(-c3cccnc3[C@H](C)OC)n4CC)CC(C)(C)COC(=O)[C@@H]3CCCN(N3)C2=O)C(C)C)C[C@@H]1C.S.S.S.S.S. The molecule has 5 amide bonds. The lowest BCUT2D eigenvalue weighted by Crippen LogP contribution is -2.63. The molecule has 0 spiro atoms. The second kappa shape index (κ2) is 29.6. The molecule has 3 aliphatic heterocycles. The standard InChI is InChI=1S/C55H75N9O7.5H2S/c1-12-47(65)59(9)25-26-61-27-28-62(33-36(61)5)54(69)60(10)49(35(3)4)51(66)57-45-30-38-17-14-18-39(29-38)40-21-22-46-42(31-40)43(50(63(46)13-2)41-19-15-23-56-48(41)37(6)70-11)32-55(7,8)34-71-53(68)44-20-16-24-64(58-44)52(45)67;;;;;/h12,14-15,17-19,21-23,29,31,35-37,44-45,49,58H,1,13,16,20,24-28,30,32-34H2,2-11H3,(H,57,66);5*1H2/t36-,37-,44-,45-,49-;;;;;/m0...../s1. The quantitative estimate of drug-likeness (QED) is 0.111. The summed E-state index contributed by atoms with van der Waals surface area (Å²) in [5.74, 6) is -1.72. The third-order valence-electron chi connectivity index (χ3n) is 14.6. The Morgan fingerprint density at radius 1 is 0.987 bits per heavy atom. The Labute approximate surface area is 485 Å². The normalized spacial score (nSPS) is 19.4. The first-order valence-electron chi connectivity index (χ1n) is 25.3. The fourth-order valence-electron chi connectivity index (χ4n) is 10.6. The third kappa shape index (κ3) is 15.3. The minimum atomic E-state index is -1.05. The highest BCUT2D eigenvalue weighted by atomic mass is 32.1. The van der Waals surface area contributed by atoms with Gasteiger partial charge in [-0.2, -0.15) is 67.5 Å². The number of urea groups is 1. The zero-order valence-electron chi connectivity index (χ0n) is 46.0. The number of amides is 5. The van der Waals surface area contributed by atoms with Crippen LogP contribution in [0.3, 0.4) is 0 Å². The molecular formula is C55H85N9O7S5. The van der Waals surface area contributed by atoms with Crippen molar-refractivity contribution in [2.75, 3.05) is 67.1 Å². The summed E-state index contributed by atoms with van der Waals surface area (Å²) < 4.78 is 14.3. The third-order valence-corrected chi connectivity index (χ3v) is 14.6. The summed E-state index contributed by atoms with van der Waals surface area (Å²) in [5.41, 5.74) is 10.5. The maximum Gasteiger partial charge on any atom is 0.324 e. The lowest BCUT2D eigenvalue weighted by Gasteiger charge is -2.43. The van der Waals surface area contributed by atoms with E-state index in [4.69, 9.17) is 14.5 Å². The molecule has 422 valence electrons. The van der Waals surface area contributed by atoms with E-state index >= 15 is 0 Å². The number of likely N-dealkylation sites (N-methyl/N-ethyl adjacent to an activating group) is 2. The Kier molecular flexibility index (Phi) is 26.4. The lowest BCUT2D eigenvalue weighted by atomic mass is 9.84. The molecule has 0 saturated carbocycles. The molecule has 5 heterocycles. The summed E-state index contributed by atoms with van der Waals surface area (Å²) in [7, 11) is 5.08. The van der Waals surface area contributed by atoms with Crippen molar-refractivity contribution in [1.29, 1.82) is 0 Å². The first-order valence-corrected chi connectivity index (χ1v) is 25.3. The summed E-state index contributed by atoms with van der Waals surface area (Å²) in [6.45, 7) is 21.7. The molecule has 0 aliphatic carbocycles. The number of rotatable bonds is 12. The molecule has 21 heteroatoms. The Morgan fingerprint density at radius 3 is 2.36 bits per heavy atom. The van der Waals surface area contributed by atoms with Crippen LogP contribution < -0.4 is 10.7 Å². The highest BCUT2D eigenvalue weighted by Gasteiger charge is 2.39. The molecule has 5 atom stereocenters. The number of fused-ring (bicyclic) bond motifs is 6. The highest BCUT2D eigenvalue weighted by Crippen LogP contribution is 2.42. The van der Waals surface area contributed by atoms with E-state index in [0.717, 1.165) is 50.1 Å². The number of piperazine rings is 1. The van der Waals surface area contributed by atoms with Gasteiger partial charge in [0.2, 0.25) is 11.8 Å². The summed E-state index contributed by atoms with van der Waals surface area (Å²) in [6.07, 6.45) is 4.61. The van der Waals surface area contributed by atoms with Crippen molar-refractivity contribution in [2.45, 2.75) is 111 Å². The lowest BCUT2D eigenvalue weighted by molar-refractivity contribution is -0.155. The monoisotopic (exact) mass is 1140 g/mol. The number of nitrogens with one attached hydrogen (secondary N) is 2. The van der Waals surface area contributed by atoms with Crippen molar-refractivity contribution in [3.63, 3.8) is 0 Å². The van der Waals surface area contributed by atoms with E-state index in [1.54, 1.807) is 37.2 Å². The highest BCUT2D eigenvalue weighted by molar-refractivity contribution is 7.60. The van der Waals surface area contributed by atoms with Crippen LogP contribution in [0.15, 0.2) is 73.4 Å². The fraction of sp³-hybridized carbons (Fsp3) is 0.527. The molecule has 2 fully saturated rings. The van der Waals surface area contributed by atoms with E-state index in [-0.39, 0.29) is 116 Å². The number of cyclic esters (lactones) is 1. The average Bonchev–Trinajstić information content (AvgIpc) is 3.67. The molecule has 2 aromatic carbocycles. The van der Waals surface area contributed by atoms with Gasteiger partial charge in [-0.05, 0) is 98.5 Å². The number of methoxy groups -OCH3 is 1. The molecular weight excluding hydrogens is 1060 g/mol. The van der Waals surface area contributed by atoms with Crippen molar-refractivity contribution in [3.8, 4) is 22.4 Å². The predicted octanol–water partition coefficient (Wildman–Crippen LogP) is 7.04. The smallest absolute Gasteiger partial charge is 0.324 e. The van der Waals surface area contributed by atoms with Gasteiger partial charge in [0.25, 0.3) is 5.91 Å². The maximum atomic E-state index is 14.8. The number of carbonyl (C=O) groups is 5. The van der Waals surface area contributed by atoms with Gasteiger partial charge in [-0.1, -0.05) is 64.6 Å². The number of aryl methyl sites for hydroxylation is 1. The maximum absolute atomic E-state index is 14.8. The molecule has 16 nitrogen and oxygen atoms in total. The van der Waals surface area contributed by atoms with Crippen molar-refractivity contribution < 1.29 is 33.4 Å². The number of hydrazine groups is 1. The van der Waals surface area contributed by atoms with E-state index in [9.17, 15) is 24.0 Å². The largest absolute Gasteiger partial charge is 0.464 e. The zero-order chi connectivity index (χ0) is 51.3. The van der Waals surface area contributed by atoms with Crippen molar-refractivity contribution in [2.24, 2.45) is 11.3 Å². The molecule has 2 N–H and O–H groups in total. The topological polar surface area (TPSA) is 162 Å². The summed E-state index contributed by atoms with van der Waals surface area (Å²) in [6, 6.07) is 15.7. The number of nitrogens with zero attached hydrogens (tertiary/aromatic N) is 7. The van der Waals surface area contributed by atoms with Crippen LogP contribution in [0.2, 0.25) is 0 Å². The predicted molar refractivity (Wildman–Crippen MR) is 328 cm³/mol. The molecule has 2 aromatic heterocycles. The van der Waals surface area contributed by atoms with Crippen molar-refractivity contribution in [1.82, 2.24) is 44.9 Å². The van der Waals surface area contributed by atoms with Crippen LogP contribution in [0.5, 0.6) is 0 Å². The van der Waals surface area contributed by atoms with Crippen LogP contribution in [-0.2, 0) is 48.0 Å². The molecule has 4 aromatic rings. The number of hydrogen-bond acceptors (Lipinski definition) is 10. The molecule has 0 radical (unpaired) electrons. The Morgan fingerprint density at radius 2 is 1.70 bits per heavy atom. The van der Waals surface area contributed by atoms with Gasteiger partial charge in [0.1, 0.15) is 18.1 Å². The summed E-state index contributed by atoms with van der Waals surface area (Å²) >= 11 is 0. The van der Waals surface area contributed by atoms with Gasteiger partial charge >= 0.3 is 12.0 Å². The fourth-order valence-corrected chi connectivity index (χ4v) is 10.6. The zero-order valence-corrected chi connectivity index (χ0v) is 51.0. The van der Waals surface area contributed by atoms with Crippen LogP contribution >= 0.6 is 67.5 Å². The van der Waals surface area contributed by atoms with Crippen LogP contribution in [0.1, 0.15) is 84.2 Å². The minimum absolute atomic E-state index is 0. The van der Waals surface area contributed by atoms with Crippen molar-refractivity contribution in [3.05, 3.63) is 90.3 Å². The molecule has 3 aliphatic rings. The number of benzene rings is 2. The van der Waals surface area contributed by atoms with Crippen LogP contribution in [-0.4, -0.2) is 155 Å². The first kappa shape index (κ1) is 67.8. The van der Waals surface area contributed by atoms with E-state index in [1.807, 2.05) is 39.0 Å². The van der Waals surface area contributed by atoms with Gasteiger partial charge in [-0.15, -0.1) is 0 Å². The van der Waals surface area contributed by atoms with E-state index in [1.165, 1.54) is 16.0 Å². The van der Waals surface area contributed by atoms with Crippen LogP contribution in [0, 0.1) is 11.3 Å². The van der Waals surface area contributed by atoms with Gasteiger partial charge in [-0.25, -0.2) is 10.2 Å². The van der Waals surface area contributed by atoms with E-state index in [2.05, 4.69) is 90.9 Å². The first-order chi connectivity index (χ1) is 33.9. The second-order valence-corrected chi connectivity index (χ2v) is 20.7. The van der Waals surface area contributed by atoms with Crippen LogP contribution in [0.4, 0.5) is 4.79 Å². The van der Waals surface area contributed by atoms with Gasteiger partial charge in [0.15, 0.2) is 0 Å². The van der Waals surface area contributed by atoms with Gasteiger partial charge in [0.05, 0.1) is 24.1 Å². The van der Waals surface area contributed by atoms with Gasteiger partial charge in [0, 0.05) is 108 Å². The molecule has 7 rings (SSSR count). The molecule has 2 saturated heterocycles. The van der Waals surface area contributed by atoms with E-state index in [0.29, 0.717) is 65.1 Å². The molecule has 6 bridgehead atoms. The molecule has 0 unspecified atom stereocenters. The average molecular weight is 1140 g/mol. The number of hydrogen-bond donors (Lipinski definition) is 2.